The van der Waals surface area contributed by atoms with E-state index < -0.39 is 0 Å². The molecule has 2 aromatic rings. The number of fused-ring (bicyclic) bond motifs is 1. The Hall–Kier alpha value is -1.48. The summed E-state index contributed by atoms with van der Waals surface area (Å²) >= 11 is 2.16. The Balaban J connectivity index is 1.91. The van der Waals surface area contributed by atoms with Crippen molar-refractivity contribution in [1.29, 1.82) is 0 Å². The van der Waals surface area contributed by atoms with Crippen molar-refractivity contribution in [2.75, 3.05) is 5.32 Å². The predicted molar refractivity (Wildman–Crippen MR) is 94.8 cm³/mol. The fraction of sp³-hybridized carbons (Fsp3) is 0.143. The Morgan fingerprint density at radius 1 is 1.33 bits per heavy atom. The summed E-state index contributed by atoms with van der Waals surface area (Å²) in [6.07, 6.45) is 4.32. The molecule has 0 spiro atoms. The van der Waals surface area contributed by atoms with Gasteiger partial charge >= 0.3 is 0 Å². The average Bonchev–Trinajstić information content (AvgIpc) is 3.29. The highest BCUT2D eigenvalue weighted by Gasteiger charge is 2.22. The van der Waals surface area contributed by atoms with Gasteiger partial charge in [0.25, 0.3) is 0 Å². The molecule has 1 aromatic carbocycles. The molecule has 108 valence electrons. The third kappa shape index (κ3) is 2.93. The number of nitrogens with zero attached hydrogens (tertiary/aromatic N) is 2. The number of hydrogen-bond acceptors (Lipinski definition) is 6. The number of hydrogen-bond donors (Lipinski definition) is 3. The SMILES string of the molecule is Cc1ccc2c(c1N/C(N)=C(/N)c1cncc(SI)n1)C2. The molecule has 0 unspecified atom stereocenters. The van der Waals surface area contributed by atoms with E-state index in [1.54, 1.807) is 12.4 Å². The zero-order valence-corrected chi connectivity index (χ0v) is 14.3. The number of nitrogens with two attached hydrogens (primary N) is 2. The fourth-order valence-corrected chi connectivity index (χ4v) is 3.00. The summed E-state index contributed by atoms with van der Waals surface area (Å²) in [6.45, 7) is 2.05. The van der Waals surface area contributed by atoms with Gasteiger partial charge in [0.1, 0.15) is 16.5 Å². The van der Waals surface area contributed by atoms with Crippen LogP contribution in [0.1, 0.15) is 22.4 Å². The smallest absolute Gasteiger partial charge is 0.127 e. The van der Waals surface area contributed by atoms with Crippen molar-refractivity contribution in [1.82, 2.24) is 9.97 Å². The van der Waals surface area contributed by atoms with E-state index >= 15 is 0 Å². The lowest BCUT2D eigenvalue weighted by atomic mass is 10.2. The van der Waals surface area contributed by atoms with Gasteiger partial charge in [-0.15, -0.1) is 0 Å². The highest BCUT2D eigenvalue weighted by atomic mass is 127. The average molecular weight is 411 g/mol. The van der Waals surface area contributed by atoms with Gasteiger partial charge in [-0.1, -0.05) is 12.1 Å². The van der Waals surface area contributed by atoms with Crippen molar-refractivity contribution in [2.24, 2.45) is 11.5 Å². The monoisotopic (exact) mass is 411 g/mol. The van der Waals surface area contributed by atoms with E-state index in [-0.39, 0.29) is 0 Å². The summed E-state index contributed by atoms with van der Waals surface area (Å²) in [5.41, 5.74) is 18.1. The Kier molecular flexibility index (Phi) is 3.94. The van der Waals surface area contributed by atoms with Crippen molar-refractivity contribution >= 4 is 41.5 Å². The number of aryl methyl sites for hydroxylation is 1. The molecular weight excluding hydrogens is 397 g/mol. The molecule has 5 nitrogen and oxygen atoms in total. The number of rotatable bonds is 4. The van der Waals surface area contributed by atoms with Crippen molar-refractivity contribution in [3.8, 4) is 0 Å². The zero-order valence-electron chi connectivity index (χ0n) is 11.4. The second-order valence-corrected chi connectivity index (χ2v) is 6.74. The Morgan fingerprint density at radius 3 is 2.90 bits per heavy atom. The quantitative estimate of drug-likeness (QED) is 0.573. The summed E-state index contributed by atoms with van der Waals surface area (Å²) in [6, 6.07) is 4.23. The molecule has 0 aliphatic heterocycles. The van der Waals surface area contributed by atoms with Crippen LogP contribution in [0.15, 0.2) is 35.4 Å². The van der Waals surface area contributed by atoms with Crippen LogP contribution in [0.5, 0.6) is 0 Å². The largest absolute Gasteiger partial charge is 0.394 e. The number of halogens is 1. The lowest BCUT2D eigenvalue weighted by molar-refractivity contribution is 1.03. The molecule has 5 N–H and O–H groups in total. The Bertz CT molecular complexity index is 740. The molecule has 0 amide bonds. The van der Waals surface area contributed by atoms with E-state index in [9.17, 15) is 0 Å². The summed E-state index contributed by atoms with van der Waals surface area (Å²) in [7, 11) is 1.49. The molecule has 1 aliphatic carbocycles. The molecule has 0 fully saturated rings. The van der Waals surface area contributed by atoms with Crippen LogP contribution in [-0.2, 0) is 6.42 Å². The summed E-state index contributed by atoms with van der Waals surface area (Å²) in [4.78, 5) is 8.53. The Labute approximate surface area is 139 Å². The van der Waals surface area contributed by atoms with Gasteiger partial charge in [0.15, 0.2) is 0 Å². The van der Waals surface area contributed by atoms with E-state index in [1.807, 2.05) is 0 Å². The Morgan fingerprint density at radius 2 is 2.14 bits per heavy atom. The van der Waals surface area contributed by atoms with Crippen LogP contribution in [0.4, 0.5) is 5.69 Å². The number of anilines is 1. The van der Waals surface area contributed by atoms with Crippen LogP contribution in [0.2, 0.25) is 0 Å². The third-order valence-corrected chi connectivity index (χ3v) is 5.09. The van der Waals surface area contributed by atoms with Gasteiger partial charge in [0.05, 0.1) is 18.1 Å². The maximum Gasteiger partial charge on any atom is 0.127 e. The van der Waals surface area contributed by atoms with Crippen molar-refractivity contribution in [3.63, 3.8) is 0 Å². The van der Waals surface area contributed by atoms with Crippen molar-refractivity contribution in [2.45, 2.75) is 18.4 Å². The molecule has 0 radical (unpaired) electrons. The molecule has 1 aromatic heterocycles. The third-order valence-electron chi connectivity index (χ3n) is 3.38. The van der Waals surface area contributed by atoms with Crippen LogP contribution < -0.4 is 16.8 Å². The van der Waals surface area contributed by atoms with E-state index in [2.05, 4.69) is 55.5 Å². The fourth-order valence-electron chi connectivity index (χ4n) is 2.13. The van der Waals surface area contributed by atoms with Gasteiger partial charge in [0.2, 0.25) is 0 Å². The summed E-state index contributed by atoms with van der Waals surface area (Å²) in [5.74, 6) is 0.406. The minimum atomic E-state index is 0.406. The first-order chi connectivity index (χ1) is 10.1. The molecule has 0 saturated heterocycles. The predicted octanol–water partition coefficient (Wildman–Crippen LogP) is 2.79. The van der Waals surface area contributed by atoms with Gasteiger partial charge in [-0.3, -0.25) is 4.98 Å². The first-order valence-corrected chi connectivity index (χ1v) is 9.70. The molecule has 0 atom stereocenters. The van der Waals surface area contributed by atoms with Gasteiger partial charge in [-0.2, -0.15) is 0 Å². The standard InChI is InChI=1S/C14H14IN5S/c1-7-2-3-8-4-9(8)13(7)20-14(17)12(16)10-5-18-6-11(19-10)21-15/h2-3,5-6,20H,4,16-17H2,1H3/b14-12+. The molecule has 0 bridgehead atoms. The van der Waals surface area contributed by atoms with Crippen molar-refractivity contribution < 1.29 is 0 Å². The number of benzene rings is 1. The van der Waals surface area contributed by atoms with E-state index in [0.717, 1.165) is 22.7 Å². The van der Waals surface area contributed by atoms with Crippen LogP contribution in [0, 0.1) is 6.92 Å². The summed E-state index contributed by atoms with van der Waals surface area (Å²) < 4.78 is 0. The first kappa shape index (κ1) is 14.5. The first-order valence-electron chi connectivity index (χ1n) is 6.34. The molecule has 21 heavy (non-hydrogen) atoms. The van der Waals surface area contributed by atoms with E-state index in [4.69, 9.17) is 11.5 Å². The van der Waals surface area contributed by atoms with Crippen LogP contribution in [-0.4, -0.2) is 9.97 Å². The second-order valence-electron chi connectivity index (χ2n) is 4.84. The maximum absolute atomic E-state index is 6.11. The molecule has 3 rings (SSSR count). The van der Waals surface area contributed by atoms with E-state index in [1.165, 1.54) is 20.1 Å². The highest BCUT2D eigenvalue weighted by Crippen LogP contribution is 2.37. The van der Waals surface area contributed by atoms with Crippen molar-refractivity contribution in [3.05, 3.63) is 52.7 Å². The van der Waals surface area contributed by atoms with Gasteiger partial charge < -0.3 is 16.8 Å². The molecule has 0 saturated carbocycles. The van der Waals surface area contributed by atoms with Crippen LogP contribution in [0.25, 0.3) is 5.70 Å². The molecule has 1 heterocycles. The molecule has 1 aliphatic rings. The second kappa shape index (κ2) is 5.72. The van der Waals surface area contributed by atoms with Gasteiger partial charge in [0, 0.05) is 33.3 Å². The van der Waals surface area contributed by atoms with E-state index in [0.29, 0.717) is 17.2 Å². The van der Waals surface area contributed by atoms with Crippen LogP contribution >= 0.6 is 30.1 Å². The highest BCUT2D eigenvalue weighted by molar-refractivity contribution is 14.2. The van der Waals surface area contributed by atoms with Crippen LogP contribution in [0.3, 0.4) is 0 Å². The zero-order chi connectivity index (χ0) is 15.0. The summed E-state index contributed by atoms with van der Waals surface area (Å²) in [5, 5.41) is 4.02. The maximum atomic E-state index is 6.11. The van der Waals surface area contributed by atoms with Gasteiger partial charge in [-0.05, 0) is 32.5 Å². The lowest BCUT2D eigenvalue weighted by Gasteiger charge is -2.12. The lowest BCUT2D eigenvalue weighted by Crippen LogP contribution is -2.17. The minimum Gasteiger partial charge on any atom is -0.394 e. The van der Waals surface area contributed by atoms with Gasteiger partial charge in [-0.25, -0.2) is 4.98 Å². The molecular formula is C14H14IN5S. The molecule has 7 heteroatoms. The number of aromatic nitrogens is 2. The normalized spacial score (nSPS) is 13.4. The number of nitrogens with one attached hydrogen (secondary N) is 1. The minimum absolute atomic E-state index is 0.406. The topological polar surface area (TPSA) is 89.8 Å².